The summed E-state index contributed by atoms with van der Waals surface area (Å²) in [6.45, 7) is 9.97. The predicted octanol–water partition coefficient (Wildman–Crippen LogP) is 4.08. The van der Waals surface area contributed by atoms with Crippen LogP contribution in [0.2, 0.25) is 0 Å². The van der Waals surface area contributed by atoms with Crippen LogP contribution in [-0.4, -0.2) is 17.4 Å². The van der Waals surface area contributed by atoms with Crippen LogP contribution >= 0.6 is 15.9 Å². The number of alkyl halides is 1. The highest BCUT2D eigenvalue weighted by molar-refractivity contribution is 9.09. The third kappa shape index (κ3) is 3.60. The molecule has 0 unspecified atom stereocenters. The fraction of sp³-hybridized carbons (Fsp3) is 0.571. The third-order valence-electron chi connectivity index (χ3n) is 2.85. The lowest BCUT2D eigenvalue weighted by atomic mass is 9.85. The highest BCUT2D eigenvalue weighted by atomic mass is 79.9. The van der Waals surface area contributed by atoms with E-state index in [0.29, 0.717) is 0 Å². The molecule has 0 aromatic heterocycles. The van der Waals surface area contributed by atoms with Crippen molar-refractivity contribution >= 4 is 15.9 Å². The number of benzene rings is 1. The monoisotopic (exact) mass is 283 g/mol. The zero-order chi connectivity index (χ0) is 12.3. The number of aryl methyl sites for hydroxylation is 1. The highest BCUT2D eigenvalue weighted by Crippen LogP contribution is 2.24. The molecule has 0 spiro atoms. The van der Waals surface area contributed by atoms with E-state index in [4.69, 9.17) is 0 Å². The summed E-state index contributed by atoms with van der Waals surface area (Å²) in [5.41, 5.74) is 5.36. The van der Waals surface area contributed by atoms with E-state index < -0.39 is 0 Å². The lowest BCUT2D eigenvalue weighted by molar-refractivity contribution is 0.389. The molecule has 16 heavy (non-hydrogen) atoms. The summed E-state index contributed by atoms with van der Waals surface area (Å²) in [6, 6.07) is 6.83. The first-order chi connectivity index (χ1) is 7.34. The first-order valence-corrected chi connectivity index (χ1v) is 6.81. The molecule has 0 heterocycles. The van der Waals surface area contributed by atoms with Crippen LogP contribution in [0.3, 0.4) is 0 Å². The Kier molecular flexibility index (Phi) is 4.57. The Hall–Kier alpha value is -0.340. The number of halogens is 1. The van der Waals surface area contributed by atoms with E-state index in [1.165, 1.54) is 16.7 Å². The molecule has 1 aromatic carbocycles. The normalized spacial score (nSPS) is 12.2. The summed E-state index contributed by atoms with van der Waals surface area (Å²) >= 11 is 3.47. The Bertz CT molecular complexity index is 352. The predicted molar refractivity (Wildman–Crippen MR) is 75.1 cm³/mol. The van der Waals surface area contributed by atoms with Gasteiger partial charge in [0, 0.05) is 6.54 Å². The van der Waals surface area contributed by atoms with E-state index in [2.05, 4.69) is 73.8 Å². The van der Waals surface area contributed by atoms with Gasteiger partial charge in [-0.15, -0.1) is 0 Å². The second-order valence-corrected chi connectivity index (χ2v) is 6.03. The van der Waals surface area contributed by atoms with Crippen molar-refractivity contribution in [3.05, 3.63) is 34.9 Å². The molecule has 1 aromatic rings. The molecule has 0 aliphatic heterocycles. The van der Waals surface area contributed by atoms with E-state index in [1.54, 1.807) is 0 Å². The van der Waals surface area contributed by atoms with Gasteiger partial charge in [0.05, 0.1) is 5.45 Å². The molecule has 1 nitrogen and oxygen atoms in total. The lowest BCUT2D eigenvalue weighted by Crippen LogP contribution is -2.17. The van der Waals surface area contributed by atoms with Crippen molar-refractivity contribution in [3.63, 3.8) is 0 Å². The lowest BCUT2D eigenvalue weighted by Gasteiger charge is -2.21. The second kappa shape index (κ2) is 5.33. The van der Waals surface area contributed by atoms with Crippen LogP contribution in [0.25, 0.3) is 0 Å². The van der Waals surface area contributed by atoms with Crippen molar-refractivity contribution in [2.75, 3.05) is 12.5 Å². The number of hydrogen-bond acceptors (Lipinski definition) is 1. The fourth-order valence-electron chi connectivity index (χ4n) is 1.67. The van der Waals surface area contributed by atoms with Crippen LogP contribution in [0.15, 0.2) is 18.2 Å². The maximum absolute atomic E-state index is 3.47. The minimum Gasteiger partial charge on any atom is -0.292 e. The van der Waals surface area contributed by atoms with Crippen LogP contribution in [0.5, 0.6) is 0 Å². The van der Waals surface area contributed by atoms with E-state index >= 15 is 0 Å². The Morgan fingerprint density at radius 2 is 1.88 bits per heavy atom. The van der Waals surface area contributed by atoms with Crippen LogP contribution in [0, 0.1) is 6.92 Å². The average molecular weight is 284 g/mol. The van der Waals surface area contributed by atoms with Gasteiger partial charge in [0.25, 0.3) is 0 Å². The van der Waals surface area contributed by atoms with Crippen molar-refractivity contribution in [3.8, 4) is 0 Å². The number of hydrogen-bond donors (Lipinski definition) is 0. The Morgan fingerprint density at radius 1 is 1.25 bits per heavy atom. The van der Waals surface area contributed by atoms with Crippen LogP contribution in [0.1, 0.15) is 37.5 Å². The van der Waals surface area contributed by atoms with E-state index in [9.17, 15) is 0 Å². The molecule has 0 aliphatic carbocycles. The van der Waals surface area contributed by atoms with Crippen LogP contribution in [0.4, 0.5) is 0 Å². The Morgan fingerprint density at radius 3 is 2.31 bits per heavy atom. The topological polar surface area (TPSA) is 3.24 Å². The molecule has 0 bridgehead atoms. The first kappa shape index (κ1) is 13.7. The first-order valence-electron chi connectivity index (χ1n) is 5.69. The van der Waals surface area contributed by atoms with Crippen LogP contribution in [-0.2, 0) is 12.0 Å². The van der Waals surface area contributed by atoms with Crippen molar-refractivity contribution in [2.24, 2.45) is 0 Å². The maximum Gasteiger partial charge on any atom is 0.0542 e. The van der Waals surface area contributed by atoms with E-state index in [-0.39, 0.29) is 5.41 Å². The standard InChI is InChI=1S/C14H22BrN/c1-11-8-13(14(2,3)4)7-6-12(11)9-16(5)10-15/h6-8H,9-10H2,1-5H3. The molecule has 0 saturated heterocycles. The van der Waals surface area contributed by atoms with Gasteiger partial charge >= 0.3 is 0 Å². The summed E-state index contributed by atoms with van der Waals surface area (Å²) in [7, 11) is 2.12. The Balaban J connectivity index is 2.92. The van der Waals surface area contributed by atoms with Gasteiger partial charge in [-0.05, 0) is 36.1 Å². The second-order valence-electron chi connectivity index (χ2n) is 5.52. The average Bonchev–Trinajstić information content (AvgIpc) is 2.19. The van der Waals surface area contributed by atoms with Gasteiger partial charge in [0.15, 0.2) is 0 Å². The summed E-state index contributed by atoms with van der Waals surface area (Å²) in [5.74, 6) is 0. The zero-order valence-corrected chi connectivity index (χ0v) is 12.6. The van der Waals surface area contributed by atoms with Gasteiger partial charge in [-0.3, -0.25) is 4.90 Å². The third-order valence-corrected chi connectivity index (χ3v) is 3.71. The molecule has 0 amide bonds. The quantitative estimate of drug-likeness (QED) is 0.597. The van der Waals surface area contributed by atoms with Crippen molar-refractivity contribution < 1.29 is 0 Å². The molecule has 90 valence electrons. The molecule has 0 N–H and O–H groups in total. The molecule has 0 saturated carbocycles. The summed E-state index contributed by atoms with van der Waals surface area (Å²) < 4.78 is 0. The number of nitrogens with zero attached hydrogens (tertiary/aromatic N) is 1. The van der Waals surface area contributed by atoms with Gasteiger partial charge < -0.3 is 0 Å². The smallest absolute Gasteiger partial charge is 0.0542 e. The van der Waals surface area contributed by atoms with Crippen molar-refractivity contribution in [1.82, 2.24) is 4.90 Å². The molecular formula is C14H22BrN. The molecule has 0 fully saturated rings. The minimum atomic E-state index is 0.241. The zero-order valence-electron chi connectivity index (χ0n) is 11.0. The minimum absolute atomic E-state index is 0.241. The summed E-state index contributed by atoms with van der Waals surface area (Å²) in [6.07, 6.45) is 0. The van der Waals surface area contributed by atoms with Gasteiger partial charge in [-0.1, -0.05) is 54.9 Å². The molecular weight excluding hydrogens is 262 g/mol. The Labute approximate surface area is 108 Å². The summed E-state index contributed by atoms with van der Waals surface area (Å²) in [5, 5.41) is 0. The van der Waals surface area contributed by atoms with Gasteiger partial charge in [-0.2, -0.15) is 0 Å². The van der Waals surface area contributed by atoms with Gasteiger partial charge in [0.1, 0.15) is 0 Å². The maximum atomic E-state index is 3.47. The van der Waals surface area contributed by atoms with Crippen LogP contribution < -0.4 is 0 Å². The van der Waals surface area contributed by atoms with Crippen molar-refractivity contribution in [1.29, 1.82) is 0 Å². The number of rotatable bonds is 3. The van der Waals surface area contributed by atoms with Crippen molar-refractivity contribution in [2.45, 2.75) is 39.7 Å². The van der Waals surface area contributed by atoms with E-state index in [1.807, 2.05) is 0 Å². The fourth-order valence-corrected chi connectivity index (χ4v) is 1.85. The van der Waals surface area contributed by atoms with E-state index in [0.717, 1.165) is 12.0 Å². The molecule has 0 radical (unpaired) electrons. The molecule has 2 heteroatoms. The molecule has 1 rings (SSSR count). The van der Waals surface area contributed by atoms with Gasteiger partial charge in [-0.25, -0.2) is 0 Å². The molecule has 0 aliphatic rings. The van der Waals surface area contributed by atoms with Gasteiger partial charge in [0.2, 0.25) is 0 Å². The summed E-state index contributed by atoms with van der Waals surface area (Å²) in [4.78, 5) is 2.25. The molecule has 0 atom stereocenters. The highest BCUT2D eigenvalue weighted by Gasteiger charge is 2.14. The largest absolute Gasteiger partial charge is 0.292 e. The SMILES string of the molecule is Cc1cc(C(C)(C)C)ccc1CN(C)CBr.